The highest BCUT2D eigenvalue weighted by atomic mass is 32.1. The molecular formula is C20H18FN3O4S. The molecule has 0 aliphatic heterocycles. The van der Waals surface area contributed by atoms with Crippen molar-refractivity contribution in [3.63, 3.8) is 0 Å². The second kappa shape index (κ2) is 9.24. The van der Waals surface area contributed by atoms with E-state index in [4.69, 9.17) is 4.74 Å². The van der Waals surface area contributed by atoms with Crippen molar-refractivity contribution in [1.29, 1.82) is 0 Å². The molecule has 2 aromatic heterocycles. The number of halogens is 1. The maximum absolute atomic E-state index is 13.4. The van der Waals surface area contributed by atoms with Crippen molar-refractivity contribution < 1.29 is 18.7 Å². The van der Waals surface area contributed by atoms with Crippen molar-refractivity contribution in [2.75, 3.05) is 11.9 Å². The summed E-state index contributed by atoms with van der Waals surface area (Å²) in [7, 11) is 0. The highest BCUT2D eigenvalue weighted by Crippen LogP contribution is 2.17. The van der Waals surface area contributed by atoms with Gasteiger partial charge in [-0.15, -0.1) is 11.3 Å². The van der Waals surface area contributed by atoms with E-state index in [1.807, 2.05) is 0 Å². The number of benzene rings is 1. The third-order valence-electron chi connectivity index (χ3n) is 3.91. The zero-order valence-corrected chi connectivity index (χ0v) is 16.4. The van der Waals surface area contributed by atoms with Gasteiger partial charge in [0.1, 0.15) is 11.4 Å². The summed E-state index contributed by atoms with van der Waals surface area (Å²) in [4.78, 5) is 40.8. The number of hydrogen-bond acceptors (Lipinski definition) is 6. The molecule has 3 rings (SSSR count). The summed E-state index contributed by atoms with van der Waals surface area (Å²) in [5.74, 6) is -1.41. The number of pyridine rings is 1. The number of nitrogens with one attached hydrogen (secondary N) is 1. The molecule has 7 nitrogen and oxygen atoms in total. The van der Waals surface area contributed by atoms with Crippen molar-refractivity contribution in [3.05, 3.63) is 81.0 Å². The van der Waals surface area contributed by atoms with E-state index in [1.165, 1.54) is 29.0 Å². The molecule has 0 saturated carbocycles. The van der Waals surface area contributed by atoms with E-state index in [2.05, 4.69) is 10.3 Å². The summed E-state index contributed by atoms with van der Waals surface area (Å²) < 4.78 is 19.6. The second-order valence-electron chi connectivity index (χ2n) is 6.06. The Balaban J connectivity index is 1.72. The number of rotatable bonds is 7. The first-order valence-electron chi connectivity index (χ1n) is 8.81. The first-order valence-corrected chi connectivity index (χ1v) is 9.69. The number of aromatic nitrogens is 2. The summed E-state index contributed by atoms with van der Waals surface area (Å²) in [5, 5.41) is 4.48. The quantitative estimate of drug-likeness (QED) is 0.600. The molecule has 3 aromatic rings. The molecule has 1 N–H and O–H groups in total. The van der Waals surface area contributed by atoms with Crippen molar-refractivity contribution in [3.8, 4) is 0 Å². The molecule has 0 saturated heterocycles. The Labute approximate surface area is 169 Å². The molecule has 0 bridgehead atoms. The zero-order valence-electron chi connectivity index (χ0n) is 15.6. The van der Waals surface area contributed by atoms with Gasteiger partial charge in [-0.05, 0) is 36.8 Å². The maximum atomic E-state index is 13.4. The molecule has 150 valence electrons. The molecule has 0 atom stereocenters. The SMILES string of the molecule is CCOC(=O)Cc1csc(NC(=O)c2cccn(Cc3cccc(F)c3)c2=O)n1. The van der Waals surface area contributed by atoms with Crippen LogP contribution in [0.1, 0.15) is 28.5 Å². The summed E-state index contributed by atoms with van der Waals surface area (Å²) in [6.45, 7) is 2.13. The van der Waals surface area contributed by atoms with Gasteiger partial charge in [-0.1, -0.05) is 12.1 Å². The van der Waals surface area contributed by atoms with Crippen LogP contribution >= 0.6 is 11.3 Å². The van der Waals surface area contributed by atoms with E-state index in [-0.39, 0.29) is 30.3 Å². The van der Waals surface area contributed by atoms with Crippen LogP contribution in [-0.2, 0) is 22.5 Å². The Morgan fingerprint density at radius 3 is 2.86 bits per heavy atom. The molecule has 0 radical (unpaired) electrons. The van der Waals surface area contributed by atoms with Gasteiger partial charge in [0.05, 0.1) is 25.3 Å². The minimum atomic E-state index is -0.611. The summed E-state index contributed by atoms with van der Waals surface area (Å²) in [6, 6.07) is 8.89. The van der Waals surface area contributed by atoms with Crippen molar-refractivity contribution in [2.24, 2.45) is 0 Å². The summed E-state index contributed by atoms with van der Waals surface area (Å²) in [6.07, 6.45) is 1.54. The Morgan fingerprint density at radius 1 is 1.28 bits per heavy atom. The van der Waals surface area contributed by atoms with Gasteiger partial charge < -0.3 is 9.30 Å². The number of esters is 1. The van der Waals surface area contributed by atoms with E-state index >= 15 is 0 Å². The summed E-state index contributed by atoms with van der Waals surface area (Å²) >= 11 is 1.15. The molecule has 0 fully saturated rings. The number of anilines is 1. The van der Waals surface area contributed by atoms with Gasteiger partial charge in [0.15, 0.2) is 5.13 Å². The lowest BCUT2D eigenvalue weighted by Crippen LogP contribution is -2.29. The smallest absolute Gasteiger partial charge is 0.311 e. The number of amides is 1. The van der Waals surface area contributed by atoms with Crippen molar-refractivity contribution >= 4 is 28.3 Å². The minimum absolute atomic E-state index is 0.00594. The zero-order chi connectivity index (χ0) is 20.8. The number of carbonyl (C=O) groups excluding carboxylic acids is 2. The van der Waals surface area contributed by atoms with E-state index in [0.29, 0.717) is 11.3 Å². The van der Waals surface area contributed by atoms with E-state index in [0.717, 1.165) is 11.3 Å². The van der Waals surface area contributed by atoms with E-state index in [9.17, 15) is 18.8 Å². The third-order valence-corrected chi connectivity index (χ3v) is 4.72. The summed E-state index contributed by atoms with van der Waals surface area (Å²) in [5.41, 5.74) is 0.511. The average molecular weight is 415 g/mol. The number of ether oxygens (including phenoxy) is 1. The number of carbonyl (C=O) groups is 2. The van der Waals surface area contributed by atoms with Gasteiger partial charge in [-0.2, -0.15) is 0 Å². The second-order valence-corrected chi connectivity index (χ2v) is 6.92. The molecule has 0 spiro atoms. The number of thiazole rings is 1. The van der Waals surface area contributed by atoms with Gasteiger partial charge >= 0.3 is 5.97 Å². The molecule has 29 heavy (non-hydrogen) atoms. The third kappa shape index (κ3) is 5.35. The van der Waals surface area contributed by atoms with Crippen LogP contribution in [0.2, 0.25) is 0 Å². The number of nitrogens with zero attached hydrogens (tertiary/aromatic N) is 2. The standard InChI is InChI=1S/C20H18FN3O4S/c1-2-28-17(25)10-15-12-29-20(22-15)23-18(26)16-7-4-8-24(19(16)27)11-13-5-3-6-14(21)9-13/h3-9,12H,2,10-11H2,1H3,(H,22,23,26). The van der Waals surface area contributed by atoms with Gasteiger partial charge in [0.25, 0.3) is 11.5 Å². The Bertz CT molecular complexity index is 1090. The maximum Gasteiger partial charge on any atom is 0.311 e. The van der Waals surface area contributed by atoms with Crippen LogP contribution in [0.3, 0.4) is 0 Å². The van der Waals surface area contributed by atoms with Gasteiger partial charge in [-0.3, -0.25) is 19.7 Å². The van der Waals surface area contributed by atoms with Gasteiger partial charge in [0.2, 0.25) is 0 Å². The average Bonchev–Trinajstić information content (AvgIpc) is 3.10. The van der Waals surface area contributed by atoms with E-state index < -0.39 is 23.3 Å². The highest BCUT2D eigenvalue weighted by Gasteiger charge is 2.15. The van der Waals surface area contributed by atoms with Crippen LogP contribution < -0.4 is 10.9 Å². The van der Waals surface area contributed by atoms with Crippen LogP contribution in [0.15, 0.2) is 52.8 Å². The minimum Gasteiger partial charge on any atom is -0.466 e. The molecule has 1 aromatic carbocycles. The molecular weight excluding hydrogens is 397 g/mol. The monoisotopic (exact) mass is 415 g/mol. The lowest BCUT2D eigenvalue weighted by Gasteiger charge is -2.08. The van der Waals surface area contributed by atoms with Gasteiger partial charge in [0, 0.05) is 11.6 Å². The highest BCUT2D eigenvalue weighted by molar-refractivity contribution is 7.14. The molecule has 0 aliphatic carbocycles. The van der Waals surface area contributed by atoms with Crippen LogP contribution in [0.5, 0.6) is 0 Å². The Kier molecular flexibility index (Phi) is 6.50. The topological polar surface area (TPSA) is 90.3 Å². The number of hydrogen-bond donors (Lipinski definition) is 1. The normalized spacial score (nSPS) is 10.6. The predicted octanol–water partition coefficient (Wildman–Crippen LogP) is 2.85. The van der Waals surface area contributed by atoms with Crippen LogP contribution in [0.25, 0.3) is 0 Å². The molecule has 0 unspecified atom stereocenters. The van der Waals surface area contributed by atoms with Crippen LogP contribution in [0.4, 0.5) is 9.52 Å². The Morgan fingerprint density at radius 2 is 2.10 bits per heavy atom. The van der Waals surface area contributed by atoms with Crippen LogP contribution in [-0.4, -0.2) is 28.0 Å². The van der Waals surface area contributed by atoms with E-state index in [1.54, 1.807) is 30.5 Å². The molecule has 2 heterocycles. The molecule has 9 heteroatoms. The predicted molar refractivity (Wildman–Crippen MR) is 107 cm³/mol. The fourth-order valence-electron chi connectivity index (χ4n) is 2.64. The Hall–Kier alpha value is -3.33. The van der Waals surface area contributed by atoms with Gasteiger partial charge in [-0.25, -0.2) is 9.37 Å². The largest absolute Gasteiger partial charge is 0.466 e. The molecule has 0 aliphatic rings. The first kappa shape index (κ1) is 20.4. The lowest BCUT2D eigenvalue weighted by atomic mass is 10.2. The fourth-order valence-corrected chi connectivity index (χ4v) is 3.34. The fraction of sp³-hybridized carbons (Fsp3) is 0.200. The molecule has 1 amide bonds. The van der Waals surface area contributed by atoms with Crippen molar-refractivity contribution in [1.82, 2.24) is 9.55 Å². The first-order chi connectivity index (χ1) is 14.0. The van der Waals surface area contributed by atoms with Crippen LogP contribution in [0, 0.1) is 5.82 Å². The lowest BCUT2D eigenvalue weighted by molar-refractivity contribution is -0.142. The van der Waals surface area contributed by atoms with Crippen molar-refractivity contribution in [2.45, 2.75) is 19.9 Å².